The maximum atomic E-state index is 12.6. The van der Waals surface area contributed by atoms with Crippen molar-refractivity contribution >= 4 is 23.4 Å². The molecule has 3 rings (SSSR count). The molecule has 0 bridgehead atoms. The summed E-state index contributed by atoms with van der Waals surface area (Å²) in [4.78, 5) is 48.7. The van der Waals surface area contributed by atoms with E-state index in [9.17, 15) is 24.5 Å². The lowest BCUT2D eigenvalue weighted by molar-refractivity contribution is -0.385. The van der Waals surface area contributed by atoms with E-state index in [1.165, 1.54) is 19.2 Å². The van der Waals surface area contributed by atoms with Crippen LogP contribution in [0.5, 0.6) is 5.75 Å². The van der Waals surface area contributed by atoms with Gasteiger partial charge in [0, 0.05) is 11.6 Å². The molecule has 0 unspecified atom stereocenters. The summed E-state index contributed by atoms with van der Waals surface area (Å²) in [7, 11) is 1.52. The molecule has 0 spiro atoms. The van der Waals surface area contributed by atoms with Crippen LogP contribution in [-0.2, 0) is 4.79 Å². The number of amides is 3. The molecule has 1 aliphatic rings. The van der Waals surface area contributed by atoms with Crippen molar-refractivity contribution in [2.75, 3.05) is 13.7 Å². The molecule has 0 aromatic heterocycles. The second kappa shape index (κ2) is 7.70. The molecule has 0 saturated carbocycles. The van der Waals surface area contributed by atoms with E-state index >= 15 is 0 Å². The number of nitro groups is 1. The third-order valence-corrected chi connectivity index (χ3v) is 4.70. The van der Waals surface area contributed by atoms with Crippen LogP contribution in [0.25, 0.3) is 0 Å². The number of imide groups is 1. The molecule has 2 aromatic rings. The van der Waals surface area contributed by atoms with Gasteiger partial charge in [-0.3, -0.25) is 29.4 Å². The van der Waals surface area contributed by atoms with Crippen molar-refractivity contribution in [2.45, 2.75) is 19.9 Å². The molecule has 0 fully saturated rings. The van der Waals surface area contributed by atoms with E-state index in [1.807, 2.05) is 19.1 Å². The molecule has 1 N–H and O–H groups in total. The van der Waals surface area contributed by atoms with Crippen LogP contribution in [0.1, 0.15) is 44.8 Å². The number of nitrogens with zero attached hydrogens (tertiary/aromatic N) is 2. The first-order valence-electron chi connectivity index (χ1n) is 8.82. The molecular formula is C20H19N3O6. The Bertz CT molecular complexity index is 1030. The van der Waals surface area contributed by atoms with Crippen molar-refractivity contribution < 1.29 is 24.0 Å². The summed E-state index contributed by atoms with van der Waals surface area (Å²) >= 11 is 0. The minimum atomic E-state index is -0.853. The third kappa shape index (κ3) is 3.66. The molecular weight excluding hydrogens is 378 g/mol. The fraction of sp³-hybridized carbons (Fsp3) is 0.250. The zero-order chi connectivity index (χ0) is 21.3. The molecule has 9 heteroatoms. The van der Waals surface area contributed by atoms with E-state index in [0.717, 1.165) is 17.2 Å². The summed E-state index contributed by atoms with van der Waals surface area (Å²) in [5.41, 5.74) is 0.907. The Kier molecular flexibility index (Phi) is 5.31. The lowest BCUT2D eigenvalue weighted by Crippen LogP contribution is -2.41. The molecule has 9 nitrogen and oxygen atoms in total. The van der Waals surface area contributed by atoms with Crippen molar-refractivity contribution in [1.82, 2.24) is 10.2 Å². The topological polar surface area (TPSA) is 119 Å². The van der Waals surface area contributed by atoms with Crippen LogP contribution in [0.4, 0.5) is 5.69 Å². The highest BCUT2D eigenvalue weighted by Crippen LogP contribution is 2.31. The van der Waals surface area contributed by atoms with Gasteiger partial charge in [0.1, 0.15) is 17.9 Å². The van der Waals surface area contributed by atoms with Gasteiger partial charge in [-0.1, -0.05) is 23.8 Å². The van der Waals surface area contributed by atoms with Crippen LogP contribution < -0.4 is 10.1 Å². The smallest absolute Gasteiger partial charge is 0.282 e. The first-order chi connectivity index (χ1) is 13.7. The summed E-state index contributed by atoms with van der Waals surface area (Å²) in [6.45, 7) is 3.12. The van der Waals surface area contributed by atoms with Crippen LogP contribution in [0.2, 0.25) is 0 Å². The van der Waals surface area contributed by atoms with Gasteiger partial charge in [0.25, 0.3) is 17.5 Å². The van der Waals surface area contributed by atoms with E-state index in [0.29, 0.717) is 10.6 Å². The molecule has 3 amide bonds. The first kappa shape index (κ1) is 20.0. The van der Waals surface area contributed by atoms with E-state index in [-0.39, 0.29) is 11.1 Å². The number of hydrogen-bond acceptors (Lipinski definition) is 6. The quantitative estimate of drug-likeness (QED) is 0.454. The fourth-order valence-corrected chi connectivity index (χ4v) is 3.31. The first-order valence-corrected chi connectivity index (χ1v) is 8.82. The van der Waals surface area contributed by atoms with Crippen LogP contribution in [0, 0.1) is 17.0 Å². The van der Waals surface area contributed by atoms with Crippen LogP contribution in [-0.4, -0.2) is 41.2 Å². The van der Waals surface area contributed by atoms with E-state index in [2.05, 4.69) is 5.32 Å². The molecule has 0 radical (unpaired) electrons. The molecule has 0 saturated heterocycles. The summed E-state index contributed by atoms with van der Waals surface area (Å²) in [5.74, 6) is -1.56. The number of fused-ring (bicyclic) bond motifs is 1. The number of ether oxygens (including phenoxy) is 1. The number of aryl methyl sites for hydroxylation is 1. The van der Waals surface area contributed by atoms with Crippen molar-refractivity contribution in [1.29, 1.82) is 0 Å². The third-order valence-electron chi connectivity index (χ3n) is 4.70. The summed E-state index contributed by atoms with van der Waals surface area (Å²) in [6, 6.07) is 8.91. The van der Waals surface area contributed by atoms with Gasteiger partial charge >= 0.3 is 0 Å². The van der Waals surface area contributed by atoms with Gasteiger partial charge in [0.2, 0.25) is 5.91 Å². The number of benzene rings is 2. The van der Waals surface area contributed by atoms with Gasteiger partial charge in [0.05, 0.1) is 23.6 Å². The standard InChI is InChI=1S/C20H19N3O6/c1-11-7-8-16(29-3)14(9-11)12(2)21-17(24)10-22-19(25)13-5-4-6-15(23(27)28)18(13)20(22)26/h4-9,12H,10H2,1-3H3,(H,21,24)/t12-/m1/s1. The largest absolute Gasteiger partial charge is 0.496 e. The normalized spacial score (nSPS) is 13.8. The van der Waals surface area contributed by atoms with E-state index < -0.39 is 40.9 Å². The van der Waals surface area contributed by atoms with Gasteiger partial charge in [-0.25, -0.2) is 0 Å². The van der Waals surface area contributed by atoms with Crippen LogP contribution in [0.15, 0.2) is 36.4 Å². The van der Waals surface area contributed by atoms with Crippen LogP contribution in [0.3, 0.4) is 0 Å². The predicted molar refractivity (Wildman–Crippen MR) is 103 cm³/mol. The average molecular weight is 397 g/mol. The van der Waals surface area contributed by atoms with Crippen molar-refractivity contribution in [3.05, 3.63) is 68.8 Å². The van der Waals surface area contributed by atoms with Gasteiger partial charge in [-0.15, -0.1) is 0 Å². The zero-order valence-electron chi connectivity index (χ0n) is 16.1. The molecule has 1 heterocycles. The van der Waals surface area contributed by atoms with Gasteiger partial charge in [0.15, 0.2) is 0 Å². The second-order valence-electron chi connectivity index (χ2n) is 6.69. The second-order valence-corrected chi connectivity index (χ2v) is 6.69. The number of methoxy groups -OCH3 is 1. The lowest BCUT2D eigenvalue weighted by Gasteiger charge is -2.20. The molecule has 150 valence electrons. The van der Waals surface area contributed by atoms with E-state index in [1.54, 1.807) is 13.0 Å². The van der Waals surface area contributed by atoms with Gasteiger partial charge in [-0.2, -0.15) is 0 Å². The maximum Gasteiger partial charge on any atom is 0.282 e. The van der Waals surface area contributed by atoms with Gasteiger partial charge in [-0.05, 0) is 26.0 Å². The minimum Gasteiger partial charge on any atom is -0.496 e. The van der Waals surface area contributed by atoms with Crippen molar-refractivity contribution in [2.24, 2.45) is 0 Å². The Balaban J connectivity index is 1.77. The molecule has 1 aliphatic heterocycles. The summed E-state index contributed by atoms with van der Waals surface area (Å²) in [5, 5.41) is 13.9. The number of carbonyl (C=O) groups is 3. The Hall–Kier alpha value is -3.75. The number of carbonyl (C=O) groups excluding carboxylic acids is 3. The van der Waals surface area contributed by atoms with Crippen LogP contribution >= 0.6 is 0 Å². The highest BCUT2D eigenvalue weighted by atomic mass is 16.6. The molecule has 1 atom stereocenters. The highest BCUT2D eigenvalue weighted by Gasteiger charge is 2.41. The van der Waals surface area contributed by atoms with E-state index in [4.69, 9.17) is 4.74 Å². The Morgan fingerprint density at radius 3 is 2.62 bits per heavy atom. The van der Waals surface area contributed by atoms with Crippen molar-refractivity contribution in [3.8, 4) is 5.75 Å². The number of nitro benzene ring substituents is 1. The molecule has 29 heavy (non-hydrogen) atoms. The zero-order valence-corrected chi connectivity index (χ0v) is 16.1. The van der Waals surface area contributed by atoms with Crippen molar-refractivity contribution in [3.63, 3.8) is 0 Å². The van der Waals surface area contributed by atoms with Gasteiger partial charge < -0.3 is 10.1 Å². The predicted octanol–water partition coefficient (Wildman–Crippen LogP) is 2.39. The molecule has 0 aliphatic carbocycles. The monoisotopic (exact) mass is 397 g/mol. The lowest BCUT2D eigenvalue weighted by atomic mass is 10.0. The molecule has 2 aromatic carbocycles. The Labute approximate surface area is 166 Å². The number of hydrogen-bond donors (Lipinski definition) is 1. The Morgan fingerprint density at radius 1 is 1.24 bits per heavy atom. The number of nitrogens with one attached hydrogen (secondary N) is 1. The minimum absolute atomic E-state index is 0.0783. The summed E-state index contributed by atoms with van der Waals surface area (Å²) in [6.07, 6.45) is 0. The fourth-order valence-electron chi connectivity index (χ4n) is 3.31. The SMILES string of the molecule is COc1ccc(C)cc1[C@@H](C)NC(=O)CN1C(=O)c2cccc([N+](=O)[O-])c2C1=O. The summed E-state index contributed by atoms with van der Waals surface area (Å²) < 4.78 is 5.31. The number of rotatable bonds is 6. The highest BCUT2D eigenvalue weighted by molar-refractivity contribution is 6.24. The maximum absolute atomic E-state index is 12.6. The average Bonchev–Trinajstić information content (AvgIpc) is 2.92. The Morgan fingerprint density at radius 2 is 1.97 bits per heavy atom.